The summed E-state index contributed by atoms with van der Waals surface area (Å²) in [6, 6.07) is 2.07. The van der Waals surface area contributed by atoms with Crippen LogP contribution in [0.15, 0.2) is 17.6 Å². The highest BCUT2D eigenvalue weighted by molar-refractivity contribution is 7.09. The van der Waals surface area contributed by atoms with E-state index in [1.165, 1.54) is 16.6 Å². The van der Waals surface area contributed by atoms with Crippen molar-refractivity contribution in [2.45, 2.75) is 46.3 Å². The van der Waals surface area contributed by atoms with Gasteiger partial charge < -0.3 is 14.0 Å². The fraction of sp³-hybridized carbons (Fsp3) is 0.474. The summed E-state index contributed by atoms with van der Waals surface area (Å²) in [6.45, 7) is 8.48. The lowest BCUT2D eigenvalue weighted by Gasteiger charge is -2.13. The van der Waals surface area contributed by atoms with E-state index < -0.39 is 0 Å². The van der Waals surface area contributed by atoms with Crippen LogP contribution in [0.3, 0.4) is 0 Å². The Hall–Kier alpha value is -1.63. The summed E-state index contributed by atoms with van der Waals surface area (Å²) in [6.07, 6.45) is 4.19. The molecule has 3 aromatic rings. The van der Waals surface area contributed by atoms with Gasteiger partial charge in [0.15, 0.2) is 0 Å². The van der Waals surface area contributed by atoms with E-state index in [0.29, 0.717) is 12.5 Å². The average Bonchev–Trinajstić information content (AvgIpc) is 3.32. The lowest BCUT2D eigenvalue weighted by molar-refractivity contribution is 0.0668. The molecule has 0 N–H and O–H groups in total. The van der Waals surface area contributed by atoms with Gasteiger partial charge in [-0.2, -0.15) is 0 Å². The molecule has 5 nitrogen and oxygen atoms in total. The van der Waals surface area contributed by atoms with Gasteiger partial charge in [0, 0.05) is 29.3 Å². The number of hydrogen-bond acceptors (Lipinski definition) is 5. The topological polar surface area (TPSA) is 49.2 Å². The lowest BCUT2D eigenvalue weighted by Crippen LogP contribution is -2.17. The number of hydrogen-bond donors (Lipinski definition) is 0. The number of thiazole rings is 1. The SMILES string of the molecule is Cc1nc(Cn2c(C)c(C)c3ccnc(OCC4CCCO4)c32)cs1.Cl. The fourth-order valence-electron chi connectivity index (χ4n) is 3.46. The van der Waals surface area contributed by atoms with Crippen molar-refractivity contribution in [2.75, 3.05) is 13.2 Å². The quantitative estimate of drug-likeness (QED) is 0.642. The molecule has 1 unspecified atom stereocenters. The molecule has 0 spiro atoms. The van der Waals surface area contributed by atoms with E-state index >= 15 is 0 Å². The van der Waals surface area contributed by atoms with Gasteiger partial charge >= 0.3 is 0 Å². The maximum absolute atomic E-state index is 6.08. The van der Waals surface area contributed by atoms with E-state index in [9.17, 15) is 0 Å². The van der Waals surface area contributed by atoms with Gasteiger partial charge in [-0.3, -0.25) is 0 Å². The maximum Gasteiger partial charge on any atom is 0.238 e. The van der Waals surface area contributed by atoms with E-state index in [1.807, 2.05) is 13.1 Å². The minimum atomic E-state index is 0. The molecule has 0 saturated carbocycles. The third kappa shape index (κ3) is 3.59. The fourth-order valence-corrected chi connectivity index (χ4v) is 4.06. The van der Waals surface area contributed by atoms with Crippen LogP contribution in [0.4, 0.5) is 0 Å². The summed E-state index contributed by atoms with van der Waals surface area (Å²) in [7, 11) is 0. The van der Waals surface area contributed by atoms with Crippen molar-refractivity contribution in [2.24, 2.45) is 0 Å². The molecule has 0 aromatic carbocycles. The minimum Gasteiger partial charge on any atom is -0.473 e. The van der Waals surface area contributed by atoms with Gasteiger partial charge in [-0.25, -0.2) is 9.97 Å². The lowest BCUT2D eigenvalue weighted by atomic mass is 10.2. The molecule has 140 valence electrons. The zero-order valence-electron chi connectivity index (χ0n) is 15.3. The van der Waals surface area contributed by atoms with Crippen molar-refractivity contribution in [3.8, 4) is 5.88 Å². The first kappa shape index (κ1) is 19.1. The van der Waals surface area contributed by atoms with Gasteiger partial charge in [0.1, 0.15) is 12.1 Å². The van der Waals surface area contributed by atoms with Crippen molar-refractivity contribution >= 4 is 34.6 Å². The molecular formula is C19H24ClN3O2S. The number of aryl methyl sites for hydroxylation is 2. The molecule has 4 rings (SSSR count). The average molecular weight is 394 g/mol. The molecule has 0 radical (unpaired) electrons. The first-order valence-corrected chi connectivity index (χ1v) is 9.61. The molecule has 1 aliphatic heterocycles. The van der Waals surface area contributed by atoms with Crippen molar-refractivity contribution in [3.63, 3.8) is 0 Å². The second kappa shape index (κ2) is 7.94. The Balaban J connectivity index is 0.00000196. The van der Waals surface area contributed by atoms with Crippen LogP contribution >= 0.6 is 23.7 Å². The molecule has 1 atom stereocenters. The van der Waals surface area contributed by atoms with Crippen LogP contribution in [-0.2, 0) is 11.3 Å². The standard InChI is InChI=1S/C19H23N3O2S.ClH/c1-12-13(2)22(9-15-11-25-14(3)21-15)18-17(12)6-7-20-19(18)24-10-16-5-4-8-23-16;/h6-7,11,16H,4-5,8-10H2,1-3H3;1H. The minimum absolute atomic E-state index is 0. The first-order chi connectivity index (χ1) is 12.1. The molecule has 0 amide bonds. The third-order valence-corrected chi connectivity index (χ3v) is 5.75. The van der Waals surface area contributed by atoms with Gasteiger partial charge in [-0.1, -0.05) is 0 Å². The molecule has 1 fully saturated rings. The number of halogens is 1. The summed E-state index contributed by atoms with van der Waals surface area (Å²) in [5.41, 5.74) is 4.64. The zero-order valence-corrected chi connectivity index (χ0v) is 17.0. The van der Waals surface area contributed by atoms with Crippen molar-refractivity contribution in [3.05, 3.63) is 39.6 Å². The number of fused-ring (bicyclic) bond motifs is 1. The number of rotatable bonds is 5. The Morgan fingerprint density at radius 3 is 2.88 bits per heavy atom. The summed E-state index contributed by atoms with van der Waals surface area (Å²) < 4.78 is 14.0. The molecule has 0 aliphatic carbocycles. The molecule has 0 bridgehead atoms. The Kier molecular flexibility index (Phi) is 5.85. The van der Waals surface area contributed by atoms with Crippen LogP contribution in [0, 0.1) is 20.8 Å². The second-order valence-electron chi connectivity index (χ2n) is 6.61. The predicted octanol–water partition coefficient (Wildman–Crippen LogP) is 4.45. The smallest absolute Gasteiger partial charge is 0.238 e. The van der Waals surface area contributed by atoms with E-state index in [0.717, 1.165) is 42.2 Å². The van der Waals surface area contributed by atoms with Crippen molar-refractivity contribution in [1.29, 1.82) is 0 Å². The highest BCUT2D eigenvalue weighted by Crippen LogP contribution is 2.32. The number of nitrogens with zero attached hydrogens (tertiary/aromatic N) is 3. The number of aromatic nitrogens is 3. The third-order valence-electron chi connectivity index (χ3n) is 4.93. The van der Waals surface area contributed by atoms with Crippen LogP contribution in [0.25, 0.3) is 10.9 Å². The van der Waals surface area contributed by atoms with E-state index in [-0.39, 0.29) is 18.5 Å². The number of ether oxygens (including phenoxy) is 2. The molecule has 1 aliphatic rings. The van der Waals surface area contributed by atoms with Gasteiger partial charge in [-0.15, -0.1) is 23.7 Å². The monoisotopic (exact) mass is 393 g/mol. The van der Waals surface area contributed by atoms with Crippen LogP contribution in [-0.4, -0.2) is 33.9 Å². The first-order valence-electron chi connectivity index (χ1n) is 8.73. The Bertz CT molecular complexity index is 900. The summed E-state index contributed by atoms with van der Waals surface area (Å²) in [5, 5.41) is 4.41. The van der Waals surface area contributed by atoms with Crippen LogP contribution in [0.5, 0.6) is 5.88 Å². The molecule has 4 heterocycles. The Morgan fingerprint density at radius 1 is 1.35 bits per heavy atom. The van der Waals surface area contributed by atoms with Crippen molar-refractivity contribution < 1.29 is 9.47 Å². The zero-order chi connectivity index (χ0) is 17.4. The van der Waals surface area contributed by atoms with Gasteiger partial charge in [0.25, 0.3) is 0 Å². The number of pyridine rings is 1. The second-order valence-corrected chi connectivity index (χ2v) is 7.67. The summed E-state index contributed by atoms with van der Waals surface area (Å²) >= 11 is 1.69. The summed E-state index contributed by atoms with van der Waals surface area (Å²) in [5.74, 6) is 0.691. The highest BCUT2D eigenvalue weighted by atomic mass is 35.5. The van der Waals surface area contributed by atoms with E-state index in [4.69, 9.17) is 9.47 Å². The van der Waals surface area contributed by atoms with E-state index in [1.54, 1.807) is 11.3 Å². The molecular weight excluding hydrogens is 370 g/mol. The molecule has 3 aromatic heterocycles. The maximum atomic E-state index is 6.08. The van der Waals surface area contributed by atoms with Gasteiger partial charge in [0.2, 0.25) is 5.88 Å². The highest BCUT2D eigenvalue weighted by Gasteiger charge is 2.20. The summed E-state index contributed by atoms with van der Waals surface area (Å²) in [4.78, 5) is 9.13. The van der Waals surface area contributed by atoms with Gasteiger partial charge in [0.05, 0.1) is 23.4 Å². The molecule has 1 saturated heterocycles. The van der Waals surface area contributed by atoms with Gasteiger partial charge in [-0.05, 0) is 45.2 Å². The normalized spacial score (nSPS) is 16.8. The Labute approximate surface area is 163 Å². The largest absolute Gasteiger partial charge is 0.473 e. The van der Waals surface area contributed by atoms with Crippen LogP contribution in [0.2, 0.25) is 0 Å². The van der Waals surface area contributed by atoms with Crippen LogP contribution in [0.1, 0.15) is 34.8 Å². The Morgan fingerprint density at radius 2 is 2.19 bits per heavy atom. The predicted molar refractivity (Wildman–Crippen MR) is 107 cm³/mol. The van der Waals surface area contributed by atoms with Crippen LogP contribution < -0.4 is 4.74 Å². The molecule has 7 heteroatoms. The molecule has 26 heavy (non-hydrogen) atoms. The van der Waals surface area contributed by atoms with E-state index in [2.05, 4.69) is 39.8 Å². The van der Waals surface area contributed by atoms with Crippen molar-refractivity contribution in [1.82, 2.24) is 14.5 Å².